The molecule has 2 N–H and O–H groups in total. The predicted octanol–water partition coefficient (Wildman–Crippen LogP) is 2.16. The SMILES string of the molecule is O=C(COC(=O)[C@@H]1CC(=O)N(C2CCCC2)C1)NCCc1c[nH]c2ccccc12. The van der Waals surface area contributed by atoms with Crippen LogP contribution in [0.25, 0.3) is 10.9 Å². The number of H-pyrrole nitrogens is 1. The van der Waals surface area contributed by atoms with E-state index in [0.29, 0.717) is 19.5 Å². The maximum absolute atomic E-state index is 12.3. The highest BCUT2D eigenvalue weighted by molar-refractivity contribution is 5.88. The zero-order valence-corrected chi connectivity index (χ0v) is 16.5. The van der Waals surface area contributed by atoms with E-state index in [1.807, 2.05) is 35.4 Å². The third-order valence-corrected chi connectivity index (χ3v) is 5.99. The number of likely N-dealkylation sites (tertiary alicyclic amines) is 1. The van der Waals surface area contributed by atoms with Gasteiger partial charge in [-0.25, -0.2) is 0 Å². The molecule has 2 aromatic rings. The highest BCUT2D eigenvalue weighted by atomic mass is 16.5. The Labute approximate surface area is 169 Å². The number of carbonyl (C=O) groups excluding carboxylic acids is 3. The number of fused-ring (bicyclic) bond motifs is 1. The number of esters is 1. The minimum atomic E-state index is -0.456. The summed E-state index contributed by atoms with van der Waals surface area (Å²) in [6.45, 7) is 0.584. The van der Waals surface area contributed by atoms with Crippen LogP contribution in [-0.4, -0.2) is 53.4 Å². The number of hydrogen-bond donors (Lipinski definition) is 2. The van der Waals surface area contributed by atoms with Gasteiger partial charge in [0, 0.05) is 42.7 Å². The fraction of sp³-hybridized carbons (Fsp3) is 0.500. The largest absolute Gasteiger partial charge is 0.455 e. The molecule has 4 rings (SSSR count). The van der Waals surface area contributed by atoms with Gasteiger partial charge in [0.15, 0.2) is 6.61 Å². The van der Waals surface area contributed by atoms with E-state index in [1.165, 1.54) is 0 Å². The first-order valence-corrected chi connectivity index (χ1v) is 10.4. The van der Waals surface area contributed by atoms with E-state index in [2.05, 4.69) is 10.3 Å². The topological polar surface area (TPSA) is 91.5 Å². The van der Waals surface area contributed by atoms with Gasteiger partial charge in [-0.3, -0.25) is 14.4 Å². The molecule has 2 aliphatic rings. The van der Waals surface area contributed by atoms with E-state index in [9.17, 15) is 14.4 Å². The van der Waals surface area contributed by atoms with Gasteiger partial charge >= 0.3 is 5.97 Å². The van der Waals surface area contributed by atoms with Crippen LogP contribution in [0.3, 0.4) is 0 Å². The Balaban J connectivity index is 1.18. The molecule has 1 atom stereocenters. The molecule has 0 radical (unpaired) electrons. The van der Waals surface area contributed by atoms with Crippen molar-refractivity contribution >= 4 is 28.7 Å². The van der Waals surface area contributed by atoms with Crippen molar-refractivity contribution in [1.29, 1.82) is 0 Å². The van der Waals surface area contributed by atoms with Gasteiger partial charge in [0.05, 0.1) is 5.92 Å². The molecule has 0 bridgehead atoms. The summed E-state index contributed by atoms with van der Waals surface area (Å²) in [5, 5.41) is 3.93. The lowest BCUT2D eigenvalue weighted by molar-refractivity contribution is -0.152. The maximum Gasteiger partial charge on any atom is 0.311 e. The first-order chi connectivity index (χ1) is 14.1. The minimum absolute atomic E-state index is 0.0297. The lowest BCUT2D eigenvalue weighted by Gasteiger charge is -2.23. The molecule has 7 heteroatoms. The van der Waals surface area contributed by atoms with Gasteiger partial charge in [-0.1, -0.05) is 31.0 Å². The Morgan fingerprint density at radius 2 is 2.00 bits per heavy atom. The number of aromatic amines is 1. The molecule has 2 heterocycles. The van der Waals surface area contributed by atoms with Crippen molar-refractivity contribution in [3.05, 3.63) is 36.0 Å². The lowest BCUT2D eigenvalue weighted by atomic mass is 10.1. The number of para-hydroxylation sites is 1. The molecule has 1 aromatic carbocycles. The average Bonchev–Trinajstić information content (AvgIpc) is 3.46. The van der Waals surface area contributed by atoms with Crippen molar-refractivity contribution in [2.75, 3.05) is 19.7 Å². The lowest BCUT2D eigenvalue weighted by Crippen LogP contribution is -2.35. The van der Waals surface area contributed by atoms with Gasteiger partial charge in [0.2, 0.25) is 5.91 Å². The Morgan fingerprint density at radius 1 is 1.21 bits per heavy atom. The summed E-state index contributed by atoms with van der Waals surface area (Å²) in [6, 6.07) is 8.29. The molecule has 1 aliphatic heterocycles. The third-order valence-electron chi connectivity index (χ3n) is 5.99. The smallest absolute Gasteiger partial charge is 0.311 e. The first kappa shape index (κ1) is 19.5. The van der Waals surface area contributed by atoms with Crippen molar-refractivity contribution in [3.63, 3.8) is 0 Å². The number of ether oxygens (including phenoxy) is 1. The molecule has 154 valence electrons. The molecule has 0 unspecified atom stereocenters. The number of carbonyl (C=O) groups is 3. The standard InChI is InChI=1S/C22H27N3O4/c26-20(23-10-9-15-12-24-19-8-4-3-7-18(15)19)14-29-22(28)16-11-21(27)25(13-16)17-5-1-2-6-17/h3-4,7-8,12,16-17,24H,1-2,5-6,9-11,13-14H2,(H,23,26)/t16-/m1/s1. The Morgan fingerprint density at radius 3 is 2.83 bits per heavy atom. The zero-order valence-electron chi connectivity index (χ0n) is 16.5. The fourth-order valence-corrected chi connectivity index (χ4v) is 4.44. The van der Waals surface area contributed by atoms with Crippen molar-refractivity contribution in [3.8, 4) is 0 Å². The molecule has 7 nitrogen and oxygen atoms in total. The van der Waals surface area contributed by atoms with Crippen molar-refractivity contribution in [1.82, 2.24) is 15.2 Å². The molecular weight excluding hydrogens is 370 g/mol. The van der Waals surface area contributed by atoms with E-state index in [-0.39, 0.29) is 30.9 Å². The van der Waals surface area contributed by atoms with Gasteiger partial charge < -0.3 is 19.9 Å². The number of nitrogens with one attached hydrogen (secondary N) is 2. The highest BCUT2D eigenvalue weighted by Crippen LogP contribution is 2.29. The van der Waals surface area contributed by atoms with E-state index < -0.39 is 11.9 Å². The van der Waals surface area contributed by atoms with E-state index >= 15 is 0 Å². The second kappa shape index (κ2) is 8.68. The van der Waals surface area contributed by atoms with Crippen LogP contribution in [0, 0.1) is 5.92 Å². The van der Waals surface area contributed by atoms with E-state index in [0.717, 1.165) is 42.1 Å². The normalized spacial score (nSPS) is 19.8. The Hall–Kier alpha value is -2.83. The van der Waals surface area contributed by atoms with E-state index in [1.54, 1.807) is 0 Å². The van der Waals surface area contributed by atoms with Gasteiger partial charge in [0.25, 0.3) is 5.91 Å². The molecule has 1 aliphatic carbocycles. The monoisotopic (exact) mass is 397 g/mol. The van der Waals surface area contributed by atoms with Crippen LogP contribution in [0.4, 0.5) is 0 Å². The maximum atomic E-state index is 12.3. The van der Waals surface area contributed by atoms with Gasteiger partial charge in [0.1, 0.15) is 0 Å². The van der Waals surface area contributed by atoms with Crippen LogP contribution in [-0.2, 0) is 25.5 Å². The summed E-state index contributed by atoms with van der Waals surface area (Å²) in [5.41, 5.74) is 2.20. The summed E-state index contributed by atoms with van der Waals surface area (Å²) in [7, 11) is 0. The second-order valence-electron chi connectivity index (χ2n) is 7.95. The average molecular weight is 397 g/mol. The minimum Gasteiger partial charge on any atom is -0.455 e. The van der Waals surface area contributed by atoms with Crippen LogP contribution < -0.4 is 5.32 Å². The quantitative estimate of drug-likeness (QED) is 0.701. The summed E-state index contributed by atoms with van der Waals surface area (Å²) < 4.78 is 5.17. The van der Waals surface area contributed by atoms with Crippen molar-refractivity contribution in [2.45, 2.75) is 44.6 Å². The van der Waals surface area contributed by atoms with Crippen molar-refractivity contribution in [2.24, 2.45) is 5.92 Å². The van der Waals surface area contributed by atoms with Crippen LogP contribution in [0.1, 0.15) is 37.7 Å². The van der Waals surface area contributed by atoms with Crippen LogP contribution in [0.2, 0.25) is 0 Å². The number of hydrogen-bond acceptors (Lipinski definition) is 4. The Bertz CT molecular complexity index is 900. The summed E-state index contributed by atoms with van der Waals surface area (Å²) in [4.78, 5) is 41.5. The van der Waals surface area contributed by atoms with Crippen LogP contribution in [0.15, 0.2) is 30.5 Å². The number of aromatic nitrogens is 1. The summed E-state index contributed by atoms with van der Waals surface area (Å²) >= 11 is 0. The molecule has 29 heavy (non-hydrogen) atoms. The fourth-order valence-electron chi connectivity index (χ4n) is 4.44. The molecular formula is C22H27N3O4. The number of amides is 2. The first-order valence-electron chi connectivity index (χ1n) is 10.4. The predicted molar refractivity (Wildman–Crippen MR) is 108 cm³/mol. The summed E-state index contributed by atoms with van der Waals surface area (Å²) in [5.74, 6) is -1.20. The van der Waals surface area contributed by atoms with Crippen LogP contribution in [0.5, 0.6) is 0 Å². The molecule has 1 saturated heterocycles. The van der Waals surface area contributed by atoms with Gasteiger partial charge in [-0.05, 0) is 30.9 Å². The highest BCUT2D eigenvalue weighted by Gasteiger charge is 2.39. The van der Waals surface area contributed by atoms with Crippen LogP contribution >= 0.6 is 0 Å². The number of benzene rings is 1. The Kier molecular flexibility index (Phi) is 5.83. The zero-order chi connectivity index (χ0) is 20.2. The molecule has 1 saturated carbocycles. The molecule has 2 fully saturated rings. The second-order valence-corrected chi connectivity index (χ2v) is 7.95. The van der Waals surface area contributed by atoms with Gasteiger partial charge in [-0.15, -0.1) is 0 Å². The molecule has 1 aromatic heterocycles. The number of nitrogens with zero attached hydrogens (tertiary/aromatic N) is 1. The number of rotatable bonds is 7. The molecule has 0 spiro atoms. The van der Waals surface area contributed by atoms with Crippen molar-refractivity contribution < 1.29 is 19.1 Å². The third kappa shape index (κ3) is 4.44. The van der Waals surface area contributed by atoms with E-state index in [4.69, 9.17) is 4.74 Å². The van der Waals surface area contributed by atoms with Gasteiger partial charge in [-0.2, -0.15) is 0 Å². The summed E-state index contributed by atoms with van der Waals surface area (Å²) in [6.07, 6.45) is 7.15. The molecule has 2 amide bonds.